The molecule has 0 unspecified atom stereocenters. The molecule has 172 valence electrons. The standard InChI is InChI=1S/C24H24ClFN4O3/c1-14(31)30-13-19(16-6-2-3-8-20(16)30)28-24(33)29-12-11-18(27)23(29)21(32)10-9-15-5-4-7-17(25)22(15)26/h2-8,13,18,23H,9-12,27H2,1H3,(H,28,33)/t18-,23+/m1/s1. The number of carbonyl (C=O) groups is 3. The second-order valence-corrected chi connectivity index (χ2v) is 8.56. The number of nitrogens with one attached hydrogen (secondary N) is 1. The van der Waals surface area contributed by atoms with Gasteiger partial charge in [0.25, 0.3) is 0 Å². The van der Waals surface area contributed by atoms with Crippen molar-refractivity contribution >= 4 is 45.9 Å². The number of likely N-dealkylation sites (tertiary alicyclic amines) is 1. The Bertz CT molecular complexity index is 1240. The van der Waals surface area contributed by atoms with E-state index in [4.69, 9.17) is 17.3 Å². The molecule has 4 rings (SSSR count). The first kappa shape index (κ1) is 22.9. The fourth-order valence-electron chi connectivity index (χ4n) is 4.33. The summed E-state index contributed by atoms with van der Waals surface area (Å²) in [5.41, 5.74) is 7.66. The maximum atomic E-state index is 14.2. The summed E-state index contributed by atoms with van der Waals surface area (Å²) >= 11 is 5.82. The summed E-state index contributed by atoms with van der Waals surface area (Å²) in [6.07, 6.45) is 2.24. The number of nitrogens with zero attached hydrogens (tertiary/aromatic N) is 2. The second-order valence-electron chi connectivity index (χ2n) is 8.15. The molecule has 1 aliphatic rings. The van der Waals surface area contributed by atoms with Crippen LogP contribution in [0, 0.1) is 5.82 Å². The average Bonchev–Trinajstić information content (AvgIpc) is 3.35. The zero-order valence-corrected chi connectivity index (χ0v) is 18.8. The molecular formula is C24H24ClFN4O3. The van der Waals surface area contributed by atoms with Crippen molar-refractivity contribution in [1.29, 1.82) is 0 Å². The van der Waals surface area contributed by atoms with Crippen LogP contribution in [0.4, 0.5) is 14.9 Å². The number of benzene rings is 2. The minimum Gasteiger partial charge on any atom is -0.325 e. The van der Waals surface area contributed by atoms with Gasteiger partial charge in [-0.3, -0.25) is 14.2 Å². The van der Waals surface area contributed by atoms with Gasteiger partial charge in [0.2, 0.25) is 5.91 Å². The number of ketones is 1. The van der Waals surface area contributed by atoms with Crippen LogP contribution < -0.4 is 11.1 Å². The molecule has 9 heteroatoms. The molecule has 2 aromatic carbocycles. The Labute approximate surface area is 195 Å². The largest absolute Gasteiger partial charge is 0.325 e. The third-order valence-electron chi connectivity index (χ3n) is 6.00. The number of halogens is 2. The molecule has 1 aliphatic heterocycles. The van der Waals surface area contributed by atoms with Crippen LogP contribution in [0.2, 0.25) is 5.02 Å². The lowest BCUT2D eigenvalue weighted by atomic mass is 9.99. The number of hydrogen-bond donors (Lipinski definition) is 2. The number of aryl methyl sites for hydroxylation is 1. The fourth-order valence-corrected chi connectivity index (χ4v) is 4.52. The normalized spacial score (nSPS) is 18.0. The summed E-state index contributed by atoms with van der Waals surface area (Å²) in [5.74, 6) is -0.962. The topological polar surface area (TPSA) is 97.4 Å². The Hall–Kier alpha value is -3.23. The van der Waals surface area contributed by atoms with Gasteiger partial charge < -0.3 is 16.0 Å². The van der Waals surface area contributed by atoms with Gasteiger partial charge in [-0.2, -0.15) is 0 Å². The molecule has 0 bridgehead atoms. The molecular weight excluding hydrogens is 447 g/mol. The molecule has 1 aromatic heterocycles. The molecule has 7 nitrogen and oxygen atoms in total. The Kier molecular flexibility index (Phi) is 6.49. The van der Waals surface area contributed by atoms with Crippen LogP contribution in [0.15, 0.2) is 48.7 Å². The summed E-state index contributed by atoms with van der Waals surface area (Å²) in [5, 5.41) is 3.54. The second kappa shape index (κ2) is 9.33. The lowest BCUT2D eigenvalue weighted by molar-refractivity contribution is -0.122. The number of nitrogens with two attached hydrogens (primary N) is 1. The first-order valence-electron chi connectivity index (χ1n) is 10.7. The SMILES string of the molecule is CC(=O)n1cc(NC(=O)N2CC[C@@H](N)[C@H]2C(=O)CCc2cccc(Cl)c2F)c2ccccc21. The molecule has 3 aromatic rings. The number of Topliss-reactive ketones (excluding diaryl/α,β-unsaturated/α-hetero) is 1. The third kappa shape index (κ3) is 4.49. The van der Waals surface area contributed by atoms with Crippen molar-refractivity contribution in [3.63, 3.8) is 0 Å². The monoisotopic (exact) mass is 470 g/mol. The lowest BCUT2D eigenvalue weighted by Crippen LogP contribution is -2.49. The highest BCUT2D eigenvalue weighted by Crippen LogP contribution is 2.28. The van der Waals surface area contributed by atoms with Crippen LogP contribution in [0.25, 0.3) is 10.9 Å². The number of hydrogen-bond acceptors (Lipinski definition) is 4. The van der Waals surface area contributed by atoms with Gasteiger partial charge in [0.15, 0.2) is 5.78 Å². The van der Waals surface area contributed by atoms with E-state index in [1.165, 1.54) is 22.5 Å². The summed E-state index contributed by atoms with van der Waals surface area (Å²) in [6.45, 7) is 1.76. The Morgan fingerprint density at radius 3 is 2.70 bits per heavy atom. The van der Waals surface area contributed by atoms with E-state index >= 15 is 0 Å². The van der Waals surface area contributed by atoms with Gasteiger partial charge in [0, 0.05) is 37.5 Å². The number of para-hydroxylation sites is 1. The summed E-state index contributed by atoms with van der Waals surface area (Å²) < 4.78 is 15.6. The maximum absolute atomic E-state index is 14.2. The quantitative estimate of drug-likeness (QED) is 0.583. The van der Waals surface area contributed by atoms with Crippen molar-refractivity contribution in [2.24, 2.45) is 5.73 Å². The number of aromatic nitrogens is 1. The lowest BCUT2D eigenvalue weighted by Gasteiger charge is -2.26. The number of anilines is 1. The van der Waals surface area contributed by atoms with Crippen molar-refractivity contribution in [2.75, 3.05) is 11.9 Å². The fraction of sp³-hybridized carbons (Fsp3) is 0.292. The average molecular weight is 471 g/mol. The van der Waals surface area contributed by atoms with E-state index in [9.17, 15) is 18.8 Å². The molecule has 2 amide bonds. The predicted molar refractivity (Wildman–Crippen MR) is 125 cm³/mol. The van der Waals surface area contributed by atoms with Crippen molar-refractivity contribution in [3.05, 3.63) is 65.1 Å². The van der Waals surface area contributed by atoms with Crippen molar-refractivity contribution in [1.82, 2.24) is 9.47 Å². The van der Waals surface area contributed by atoms with E-state index in [0.717, 1.165) is 0 Å². The van der Waals surface area contributed by atoms with Gasteiger partial charge in [0.1, 0.15) is 11.9 Å². The zero-order valence-electron chi connectivity index (χ0n) is 18.1. The van der Waals surface area contributed by atoms with Gasteiger partial charge >= 0.3 is 6.03 Å². The molecule has 0 aliphatic carbocycles. The summed E-state index contributed by atoms with van der Waals surface area (Å²) in [4.78, 5) is 39.5. The van der Waals surface area contributed by atoms with Crippen LogP contribution in [-0.2, 0) is 11.2 Å². The van der Waals surface area contributed by atoms with Crippen molar-refractivity contribution in [2.45, 2.75) is 38.3 Å². The number of amides is 2. The zero-order chi connectivity index (χ0) is 23.7. The number of urea groups is 1. The van der Waals surface area contributed by atoms with Crippen LogP contribution in [0.5, 0.6) is 0 Å². The first-order valence-corrected chi connectivity index (χ1v) is 11.1. The molecule has 0 radical (unpaired) electrons. The summed E-state index contributed by atoms with van der Waals surface area (Å²) in [7, 11) is 0. The van der Waals surface area contributed by atoms with Gasteiger partial charge in [-0.15, -0.1) is 0 Å². The van der Waals surface area contributed by atoms with Gasteiger partial charge in [-0.05, 0) is 30.5 Å². The highest BCUT2D eigenvalue weighted by atomic mass is 35.5. The van der Waals surface area contributed by atoms with Crippen LogP contribution in [0.3, 0.4) is 0 Å². The van der Waals surface area contributed by atoms with Crippen LogP contribution >= 0.6 is 11.6 Å². The number of rotatable bonds is 5. The van der Waals surface area contributed by atoms with E-state index in [-0.39, 0.29) is 29.6 Å². The number of carbonyl (C=O) groups excluding carboxylic acids is 3. The Balaban J connectivity index is 1.51. The van der Waals surface area contributed by atoms with E-state index in [2.05, 4.69) is 5.32 Å². The molecule has 2 heterocycles. The van der Waals surface area contributed by atoms with Crippen molar-refractivity contribution < 1.29 is 18.8 Å². The maximum Gasteiger partial charge on any atom is 0.322 e. The van der Waals surface area contributed by atoms with E-state index in [1.807, 2.05) is 18.2 Å². The first-order chi connectivity index (χ1) is 15.8. The highest BCUT2D eigenvalue weighted by Gasteiger charge is 2.39. The molecule has 2 atom stereocenters. The predicted octanol–water partition coefficient (Wildman–Crippen LogP) is 4.23. The van der Waals surface area contributed by atoms with Gasteiger partial charge in [-0.25, -0.2) is 9.18 Å². The van der Waals surface area contributed by atoms with E-state index in [1.54, 1.807) is 24.4 Å². The van der Waals surface area contributed by atoms with Gasteiger partial charge in [-0.1, -0.05) is 41.9 Å². The molecule has 0 saturated carbocycles. The molecule has 1 fully saturated rings. The third-order valence-corrected chi connectivity index (χ3v) is 6.29. The summed E-state index contributed by atoms with van der Waals surface area (Å²) in [6, 6.07) is 10.1. The molecule has 1 saturated heterocycles. The minimum absolute atomic E-state index is 0.00301. The molecule has 0 spiro atoms. The Morgan fingerprint density at radius 2 is 1.94 bits per heavy atom. The minimum atomic E-state index is -0.812. The Morgan fingerprint density at radius 1 is 1.18 bits per heavy atom. The smallest absolute Gasteiger partial charge is 0.322 e. The van der Waals surface area contributed by atoms with E-state index in [0.29, 0.717) is 35.1 Å². The highest BCUT2D eigenvalue weighted by molar-refractivity contribution is 6.30. The molecule has 33 heavy (non-hydrogen) atoms. The number of fused-ring (bicyclic) bond motifs is 1. The van der Waals surface area contributed by atoms with Crippen molar-refractivity contribution in [3.8, 4) is 0 Å². The van der Waals surface area contributed by atoms with E-state index < -0.39 is 23.9 Å². The molecule has 3 N–H and O–H groups in total. The van der Waals surface area contributed by atoms with Crippen LogP contribution in [0.1, 0.15) is 30.1 Å². The van der Waals surface area contributed by atoms with Gasteiger partial charge in [0.05, 0.1) is 16.2 Å². The van der Waals surface area contributed by atoms with Crippen LogP contribution in [-0.4, -0.2) is 45.8 Å².